The van der Waals surface area contributed by atoms with E-state index in [0.29, 0.717) is 28.8 Å². The van der Waals surface area contributed by atoms with Gasteiger partial charge < -0.3 is 4.74 Å². The first-order chi connectivity index (χ1) is 11.3. The van der Waals surface area contributed by atoms with Gasteiger partial charge in [0.1, 0.15) is 11.4 Å². The van der Waals surface area contributed by atoms with Crippen molar-refractivity contribution in [3.63, 3.8) is 0 Å². The molecule has 122 valence electrons. The lowest BCUT2D eigenvalue weighted by Gasteiger charge is -2.21. The molecule has 0 aliphatic carbocycles. The molecule has 1 amide bonds. The van der Waals surface area contributed by atoms with Crippen LogP contribution in [0.1, 0.15) is 29.8 Å². The Bertz CT molecular complexity index is 672. The van der Waals surface area contributed by atoms with E-state index in [-0.39, 0.29) is 6.29 Å². The quantitative estimate of drug-likeness (QED) is 0.488. The Balaban J connectivity index is 1.62. The van der Waals surface area contributed by atoms with Crippen molar-refractivity contribution in [1.82, 2.24) is 25.6 Å². The van der Waals surface area contributed by atoms with Crippen molar-refractivity contribution in [2.24, 2.45) is 0 Å². The molecule has 1 saturated heterocycles. The van der Waals surface area contributed by atoms with E-state index in [9.17, 15) is 4.79 Å². The van der Waals surface area contributed by atoms with Crippen LogP contribution in [0.25, 0.3) is 11.4 Å². The first-order valence-electron chi connectivity index (χ1n) is 7.26. The Morgan fingerprint density at radius 1 is 1.48 bits per heavy atom. The molecule has 1 fully saturated rings. The number of thioether (sulfide) groups is 1. The average molecular weight is 335 g/mol. The Kier molecular flexibility index (Phi) is 5.21. The maximum atomic E-state index is 12.1. The van der Waals surface area contributed by atoms with Crippen LogP contribution in [0.15, 0.2) is 23.5 Å². The number of amides is 1. The molecule has 8 nitrogen and oxygen atoms in total. The van der Waals surface area contributed by atoms with E-state index in [0.717, 1.165) is 19.3 Å². The third kappa shape index (κ3) is 4.06. The zero-order valence-electron chi connectivity index (χ0n) is 12.6. The van der Waals surface area contributed by atoms with E-state index in [4.69, 9.17) is 9.57 Å². The molecule has 0 saturated carbocycles. The van der Waals surface area contributed by atoms with Gasteiger partial charge in [-0.2, -0.15) is 5.10 Å². The molecular weight excluding hydrogens is 318 g/mol. The molecule has 0 unspecified atom stereocenters. The second kappa shape index (κ2) is 7.53. The summed E-state index contributed by atoms with van der Waals surface area (Å²) >= 11 is 1.44. The molecule has 3 heterocycles. The number of nitrogens with zero attached hydrogens (tertiary/aromatic N) is 3. The molecule has 0 aromatic carbocycles. The van der Waals surface area contributed by atoms with E-state index < -0.39 is 5.91 Å². The van der Waals surface area contributed by atoms with Crippen LogP contribution in [-0.2, 0) is 9.57 Å². The summed E-state index contributed by atoms with van der Waals surface area (Å²) in [5.74, 6) is -0.405. The van der Waals surface area contributed by atoms with Crippen molar-refractivity contribution >= 4 is 17.7 Å². The summed E-state index contributed by atoms with van der Waals surface area (Å²) in [7, 11) is 0. The highest BCUT2D eigenvalue weighted by Crippen LogP contribution is 2.18. The number of nitrogens with one attached hydrogen (secondary N) is 2. The zero-order valence-corrected chi connectivity index (χ0v) is 13.4. The average Bonchev–Trinajstić information content (AvgIpc) is 3.11. The molecule has 2 N–H and O–H groups in total. The SMILES string of the molecule is CSc1nccc(-c2cc(C(=O)NO[C@H]3CCCCO3)[nH]n2)n1. The lowest BCUT2D eigenvalue weighted by molar-refractivity contribution is -0.186. The highest BCUT2D eigenvalue weighted by Gasteiger charge is 2.17. The predicted octanol–water partition coefficient (Wildman–Crippen LogP) is 1.78. The van der Waals surface area contributed by atoms with E-state index in [1.54, 1.807) is 18.3 Å². The number of carbonyl (C=O) groups is 1. The second-order valence-corrected chi connectivity index (χ2v) is 5.71. The minimum atomic E-state index is -0.405. The fourth-order valence-corrected chi connectivity index (χ4v) is 2.49. The van der Waals surface area contributed by atoms with Gasteiger partial charge in [0.05, 0.1) is 5.69 Å². The number of carbonyl (C=O) groups excluding carboxylic acids is 1. The Morgan fingerprint density at radius 2 is 2.39 bits per heavy atom. The van der Waals surface area contributed by atoms with E-state index >= 15 is 0 Å². The first kappa shape index (κ1) is 15.9. The van der Waals surface area contributed by atoms with E-state index in [1.165, 1.54) is 11.8 Å². The maximum absolute atomic E-state index is 12.1. The fourth-order valence-electron chi connectivity index (χ4n) is 2.13. The third-order valence-corrected chi connectivity index (χ3v) is 3.88. The molecule has 0 spiro atoms. The van der Waals surface area contributed by atoms with E-state index in [2.05, 4.69) is 25.6 Å². The largest absolute Gasteiger partial charge is 0.350 e. The first-order valence-corrected chi connectivity index (χ1v) is 8.49. The van der Waals surface area contributed by atoms with Crippen LogP contribution in [-0.4, -0.2) is 45.2 Å². The van der Waals surface area contributed by atoms with Crippen LogP contribution in [0.2, 0.25) is 0 Å². The molecule has 2 aromatic rings. The number of H-pyrrole nitrogens is 1. The highest BCUT2D eigenvalue weighted by atomic mass is 32.2. The van der Waals surface area contributed by atoms with Gasteiger partial charge >= 0.3 is 0 Å². The number of hydrogen-bond acceptors (Lipinski definition) is 7. The third-order valence-electron chi connectivity index (χ3n) is 3.32. The van der Waals surface area contributed by atoms with Crippen molar-refractivity contribution < 1.29 is 14.4 Å². The van der Waals surface area contributed by atoms with Crippen molar-refractivity contribution in [2.45, 2.75) is 30.7 Å². The topological polar surface area (TPSA) is 102 Å². The van der Waals surface area contributed by atoms with Crippen LogP contribution in [0.5, 0.6) is 0 Å². The van der Waals surface area contributed by atoms with Gasteiger partial charge in [0, 0.05) is 19.2 Å². The van der Waals surface area contributed by atoms with Gasteiger partial charge in [-0.05, 0) is 31.2 Å². The number of rotatable bonds is 5. The maximum Gasteiger partial charge on any atom is 0.292 e. The molecule has 1 atom stereocenters. The number of aromatic amines is 1. The summed E-state index contributed by atoms with van der Waals surface area (Å²) in [5, 5.41) is 7.43. The zero-order chi connectivity index (χ0) is 16.1. The summed E-state index contributed by atoms with van der Waals surface area (Å²) < 4.78 is 5.38. The molecule has 0 bridgehead atoms. The molecule has 0 radical (unpaired) electrons. The molecular formula is C14H17N5O3S. The van der Waals surface area contributed by atoms with Gasteiger partial charge in [0.25, 0.3) is 5.91 Å². The summed E-state index contributed by atoms with van der Waals surface area (Å²) in [6.45, 7) is 0.653. The highest BCUT2D eigenvalue weighted by molar-refractivity contribution is 7.98. The number of hydroxylamine groups is 1. The van der Waals surface area contributed by atoms with Crippen LogP contribution in [0, 0.1) is 0 Å². The van der Waals surface area contributed by atoms with Gasteiger partial charge in [0.15, 0.2) is 11.4 Å². The fraction of sp³-hybridized carbons (Fsp3) is 0.429. The summed E-state index contributed by atoms with van der Waals surface area (Å²) in [6.07, 6.45) is 5.99. The summed E-state index contributed by atoms with van der Waals surface area (Å²) in [6, 6.07) is 3.36. The summed E-state index contributed by atoms with van der Waals surface area (Å²) in [4.78, 5) is 25.8. The van der Waals surface area contributed by atoms with Gasteiger partial charge in [-0.25, -0.2) is 20.3 Å². The number of ether oxygens (including phenoxy) is 1. The van der Waals surface area contributed by atoms with Crippen LogP contribution in [0.4, 0.5) is 0 Å². The Hall–Kier alpha value is -1.97. The van der Waals surface area contributed by atoms with E-state index in [1.807, 2.05) is 6.26 Å². The standard InChI is InChI=1S/C14H17N5O3S/c1-23-14-15-6-5-9(16-14)10-8-11(18-17-10)13(20)19-22-12-4-2-3-7-21-12/h5-6,8,12H,2-4,7H2,1H3,(H,17,18)(H,19,20)/t12-/m0/s1. The Labute approximate surface area is 137 Å². The van der Waals surface area contributed by atoms with Crippen molar-refractivity contribution in [1.29, 1.82) is 0 Å². The molecule has 1 aliphatic heterocycles. The molecule has 9 heteroatoms. The summed E-state index contributed by atoms with van der Waals surface area (Å²) in [5.41, 5.74) is 3.90. The lowest BCUT2D eigenvalue weighted by atomic mass is 10.2. The van der Waals surface area contributed by atoms with Gasteiger partial charge in [-0.3, -0.25) is 9.89 Å². The van der Waals surface area contributed by atoms with Crippen molar-refractivity contribution in [3.05, 3.63) is 24.0 Å². The number of aromatic nitrogens is 4. The predicted molar refractivity (Wildman–Crippen MR) is 83.5 cm³/mol. The second-order valence-electron chi connectivity index (χ2n) is 4.94. The Morgan fingerprint density at radius 3 is 3.17 bits per heavy atom. The van der Waals surface area contributed by atoms with Crippen LogP contribution < -0.4 is 5.48 Å². The lowest BCUT2D eigenvalue weighted by Crippen LogP contribution is -2.33. The normalized spacial score (nSPS) is 17.9. The van der Waals surface area contributed by atoms with Crippen LogP contribution >= 0.6 is 11.8 Å². The smallest absolute Gasteiger partial charge is 0.292 e. The molecule has 3 rings (SSSR count). The monoisotopic (exact) mass is 335 g/mol. The molecule has 2 aromatic heterocycles. The minimum Gasteiger partial charge on any atom is -0.350 e. The minimum absolute atomic E-state index is 0.292. The van der Waals surface area contributed by atoms with Gasteiger partial charge in [-0.1, -0.05) is 11.8 Å². The van der Waals surface area contributed by atoms with Crippen LogP contribution in [0.3, 0.4) is 0 Å². The molecule has 1 aliphatic rings. The van der Waals surface area contributed by atoms with Crippen molar-refractivity contribution in [3.8, 4) is 11.4 Å². The van der Waals surface area contributed by atoms with Crippen molar-refractivity contribution in [2.75, 3.05) is 12.9 Å². The van der Waals surface area contributed by atoms with Gasteiger partial charge in [0.2, 0.25) is 0 Å². The van der Waals surface area contributed by atoms with Gasteiger partial charge in [-0.15, -0.1) is 0 Å². The number of hydrogen-bond donors (Lipinski definition) is 2. The molecule has 23 heavy (non-hydrogen) atoms.